The molecular formula is C19H22N4. The maximum Gasteiger partial charge on any atom is 0.0923 e. The Labute approximate surface area is 137 Å². The average molecular weight is 306 g/mol. The lowest BCUT2D eigenvalue weighted by molar-refractivity contribution is 0.373. The number of hydrogen-bond acceptors (Lipinski definition) is 3. The fourth-order valence-corrected chi connectivity index (χ4v) is 2.56. The van der Waals surface area contributed by atoms with Gasteiger partial charge in [-0.3, -0.25) is 9.67 Å². The monoisotopic (exact) mass is 306 g/mol. The van der Waals surface area contributed by atoms with Crippen LogP contribution in [0, 0.1) is 6.92 Å². The molecular weight excluding hydrogens is 284 g/mol. The molecule has 2 aromatic heterocycles. The van der Waals surface area contributed by atoms with E-state index in [1.807, 2.05) is 23.1 Å². The molecule has 23 heavy (non-hydrogen) atoms. The van der Waals surface area contributed by atoms with E-state index in [2.05, 4.69) is 72.4 Å². The SMILES string of the molecule is Cc1cccnc1-c1cccc(-c2ccn(CCN(C)C)n2)c1. The van der Waals surface area contributed by atoms with Crippen molar-refractivity contribution in [1.29, 1.82) is 0 Å². The van der Waals surface area contributed by atoms with Gasteiger partial charge in [0.05, 0.1) is 17.9 Å². The Kier molecular flexibility index (Phi) is 4.53. The molecule has 118 valence electrons. The van der Waals surface area contributed by atoms with Crippen LogP contribution in [0.15, 0.2) is 54.9 Å². The van der Waals surface area contributed by atoms with E-state index in [9.17, 15) is 0 Å². The number of benzene rings is 1. The van der Waals surface area contributed by atoms with Crippen LogP contribution >= 0.6 is 0 Å². The first-order valence-corrected chi connectivity index (χ1v) is 7.84. The zero-order valence-corrected chi connectivity index (χ0v) is 13.9. The Morgan fingerprint density at radius 1 is 1.04 bits per heavy atom. The van der Waals surface area contributed by atoms with E-state index in [0.29, 0.717) is 0 Å². The van der Waals surface area contributed by atoms with Gasteiger partial charge in [0.25, 0.3) is 0 Å². The first kappa shape index (κ1) is 15.4. The zero-order valence-electron chi connectivity index (χ0n) is 13.9. The van der Waals surface area contributed by atoms with Gasteiger partial charge in [-0.2, -0.15) is 5.10 Å². The van der Waals surface area contributed by atoms with Gasteiger partial charge in [0.15, 0.2) is 0 Å². The molecule has 0 radical (unpaired) electrons. The maximum atomic E-state index is 4.68. The Morgan fingerprint density at radius 2 is 1.87 bits per heavy atom. The van der Waals surface area contributed by atoms with Crippen LogP contribution in [0.2, 0.25) is 0 Å². The minimum atomic E-state index is 0.895. The molecule has 3 aromatic rings. The Morgan fingerprint density at radius 3 is 2.65 bits per heavy atom. The molecule has 4 nitrogen and oxygen atoms in total. The molecule has 0 bridgehead atoms. The van der Waals surface area contributed by atoms with E-state index in [1.54, 1.807) is 0 Å². The third kappa shape index (κ3) is 3.66. The number of likely N-dealkylation sites (N-methyl/N-ethyl adjacent to an activating group) is 1. The molecule has 0 saturated heterocycles. The van der Waals surface area contributed by atoms with Crippen LogP contribution in [0.5, 0.6) is 0 Å². The van der Waals surface area contributed by atoms with Gasteiger partial charge in [-0.05, 0) is 44.8 Å². The summed E-state index contributed by atoms with van der Waals surface area (Å²) in [6, 6.07) is 14.5. The molecule has 4 heteroatoms. The normalized spacial score (nSPS) is 11.1. The van der Waals surface area contributed by atoms with Crippen LogP contribution in [-0.2, 0) is 6.54 Å². The summed E-state index contributed by atoms with van der Waals surface area (Å²) in [6.45, 7) is 3.96. The van der Waals surface area contributed by atoms with Crippen LogP contribution in [0.3, 0.4) is 0 Å². The van der Waals surface area contributed by atoms with Gasteiger partial charge in [0, 0.05) is 30.1 Å². The molecule has 3 rings (SSSR count). The van der Waals surface area contributed by atoms with Crippen LogP contribution in [0.25, 0.3) is 22.5 Å². The van der Waals surface area contributed by atoms with Gasteiger partial charge in [-0.25, -0.2) is 0 Å². The molecule has 0 unspecified atom stereocenters. The van der Waals surface area contributed by atoms with E-state index in [1.165, 1.54) is 5.56 Å². The van der Waals surface area contributed by atoms with Crippen LogP contribution in [0.4, 0.5) is 0 Å². The molecule has 0 saturated carbocycles. The largest absolute Gasteiger partial charge is 0.308 e. The van der Waals surface area contributed by atoms with Crippen molar-refractivity contribution in [3.8, 4) is 22.5 Å². The number of nitrogens with zero attached hydrogens (tertiary/aromatic N) is 4. The standard InChI is InChI=1S/C19H22N4/c1-15-6-5-10-20-19(15)17-8-4-7-16(14-17)18-9-11-23(21-18)13-12-22(2)3/h4-11,14H,12-13H2,1-3H3. The van der Waals surface area contributed by atoms with Crippen molar-refractivity contribution in [1.82, 2.24) is 19.7 Å². The summed E-state index contributed by atoms with van der Waals surface area (Å²) in [5.41, 5.74) is 5.46. The van der Waals surface area contributed by atoms with E-state index < -0.39 is 0 Å². The number of pyridine rings is 1. The molecule has 0 atom stereocenters. The van der Waals surface area contributed by atoms with Crippen LogP contribution in [0.1, 0.15) is 5.56 Å². The minimum absolute atomic E-state index is 0.895. The highest BCUT2D eigenvalue weighted by Gasteiger charge is 2.07. The molecule has 0 spiro atoms. The second-order valence-corrected chi connectivity index (χ2v) is 6.02. The number of hydrogen-bond donors (Lipinski definition) is 0. The average Bonchev–Trinajstić information content (AvgIpc) is 3.02. The Hall–Kier alpha value is -2.46. The summed E-state index contributed by atoms with van der Waals surface area (Å²) in [6.07, 6.45) is 3.88. The topological polar surface area (TPSA) is 34.0 Å². The van der Waals surface area contributed by atoms with Crippen molar-refractivity contribution >= 4 is 0 Å². The first-order chi connectivity index (χ1) is 11.1. The second-order valence-electron chi connectivity index (χ2n) is 6.02. The summed E-state index contributed by atoms with van der Waals surface area (Å²) in [5, 5.41) is 4.68. The summed E-state index contributed by atoms with van der Waals surface area (Å²) in [7, 11) is 4.14. The van der Waals surface area contributed by atoms with Gasteiger partial charge in [0.1, 0.15) is 0 Å². The number of aromatic nitrogens is 3. The van der Waals surface area contributed by atoms with E-state index in [4.69, 9.17) is 0 Å². The summed E-state index contributed by atoms with van der Waals surface area (Å²) in [5.74, 6) is 0. The van der Waals surface area contributed by atoms with Crippen molar-refractivity contribution in [2.24, 2.45) is 0 Å². The molecule has 0 aliphatic carbocycles. The van der Waals surface area contributed by atoms with Crippen molar-refractivity contribution < 1.29 is 0 Å². The molecule has 0 amide bonds. The summed E-state index contributed by atoms with van der Waals surface area (Å²) in [4.78, 5) is 6.66. The quantitative estimate of drug-likeness (QED) is 0.723. The third-order valence-corrected chi connectivity index (χ3v) is 3.86. The second kappa shape index (κ2) is 6.75. The summed E-state index contributed by atoms with van der Waals surface area (Å²) < 4.78 is 1.99. The molecule has 0 aliphatic rings. The third-order valence-electron chi connectivity index (χ3n) is 3.86. The smallest absolute Gasteiger partial charge is 0.0923 e. The van der Waals surface area contributed by atoms with Crippen molar-refractivity contribution in [3.05, 3.63) is 60.4 Å². The minimum Gasteiger partial charge on any atom is -0.308 e. The molecule has 1 aromatic carbocycles. The van der Waals surface area contributed by atoms with E-state index in [0.717, 1.165) is 35.6 Å². The lowest BCUT2D eigenvalue weighted by Gasteiger charge is -2.09. The molecule has 0 fully saturated rings. The maximum absolute atomic E-state index is 4.68. The van der Waals surface area contributed by atoms with Gasteiger partial charge in [-0.15, -0.1) is 0 Å². The lowest BCUT2D eigenvalue weighted by Crippen LogP contribution is -2.18. The predicted octanol–water partition coefficient (Wildman–Crippen LogP) is 3.48. The zero-order chi connectivity index (χ0) is 16.2. The van der Waals surface area contributed by atoms with Crippen molar-refractivity contribution in [2.45, 2.75) is 13.5 Å². The van der Waals surface area contributed by atoms with Crippen molar-refractivity contribution in [2.75, 3.05) is 20.6 Å². The number of rotatable bonds is 5. The van der Waals surface area contributed by atoms with Gasteiger partial charge in [-0.1, -0.05) is 24.3 Å². The van der Waals surface area contributed by atoms with E-state index >= 15 is 0 Å². The van der Waals surface area contributed by atoms with Crippen molar-refractivity contribution in [3.63, 3.8) is 0 Å². The molecule has 0 aliphatic heterocycles. The first-order valence-electron chi connectivity index (χ1n) is 7.84. The van der Waals surface area contributed by atoms with Crippen LogP contribution < -0.4 is 0 Å². The lowest BCUT2D eigenvalue weighted by atomic mass is 10.0. The predicted molar refractivity (Wildman–Crippen MR) is 94.2 cm³/mol. The van der Waals surface area contributed by atoms with E-state index in [-0.39, 0.29) is 0 Å². The highest BCUT2D eigenvalue weighted by molar-refractivity contribution is 5.70. The molecule has 2 heterocycles. The van der Waals surface area contributed by atoms with Gasteiger partial charge in [0.2, 0.25) is 0 Å². The van der Waals surface area contributed by atoms with Gasteiger partial charge < -0.3 is 4.90 Å². The Bertz CT molecular complexity index is 789. The van der Waals surface area contributed by atoms with Gasteiger partial charge >= 0.3 is 0 Å². The summed E-state index contributed by atoms with van der Waals surface area (Å²) >= 11 is 0. The highest BCUT2D eigenvalue weighted by atomic mass is 15.3. The molecule has 0 N–H and O–H groups in total. The fourth-order valence-electron chi connectivity index (χ4n) is 2.56. The van der Waals surface area contributed by atoms with Crippen LogP contribution in [-0.4, -0.2) is 40.3 Å². The highest BCUT2D eigenvalue weighted by Crippen LogP contribution is 2.25. The number of aryl methyl sites for hydroxylation is 1. The Balaban J connectivity index is 1.87. The fraction of sp³-hybridized carbons (Fsp3) is 0.263.